The van der Waals surface area contributed by atoms with E-state index in [4.69, 9.17) is 32.7 Å². The summed E-state index contributed by atoms with van der Waals surface area (Å²) in [6.45, 7) is 6.69. The van der Waals surface area contributed by atoms with Crippen molar-refractivity contribution in [1.29, 1.82) is 0 Å². The Morgan fingerprint density at radius 1 is 1.10 bits per heavy atom. The first-order valence-electron chi connectivity index (χ1n) is 9.79. The number of nitrogens with zero attached hydrogens (tertiary/aromatic N) is 1. The van der Waals surface area contributed by atoms with Gasteiger partial charge in [0.05, 0.1) is 7.11 Å². The number of hydrogen-bond donors (Lipinski definition) is 1. The van der Waals surface area contributed by atoms with Crippen LogP contribution in [0.4, 0.5) is 0 Å². The predicted octanol–water partition coefficient (Wildman–Crippen LogP) is 6.00. The van der Waals surface area contributed by atoms with Crippen molar-refractivity contribution in [3.63, 3.8) is 0 Å². The summed E-state index contributed by atoms with van der Waals surface area (Å²) in [5.74, 6) is 1.38. The van der Waals surface area contributed by atoms with Gasteiger partial charge in [0.15, 0.2) is 11.5 Å². The summed E-state index contributed by atoms with van der Waals surface area (Å²) in [7, 11) is 1.65. The zero-order valence-corrected chi connectivity index (χ0v) is 20.5. The average Bonchev–Trinajstić information content (AvgIpc) is 3.15. The largest absolute Gasteiger partial charge is 0.493 e. The first-order chi connectivity index (χ1) is 13.6. The summed E-state index contributed by atoms with van der Waals surface area (Å²) in [5.41, 5.74) is 1.94. The fourth-order valence-corrected chi connectivity index (χ4v) is 4.19. The van der Waals surface area contributed by atoms with E-state index < -0.39 is 0 Å². The molecule has 168 valence electrons. The lowest BCUT2D eigenvalue weighted by molar-refractivity contribution is 0.260. The molecule has 0 amide bonds. The van der Waals surface area contributed by atoms with Crippen LogP contribution in [0.2, 0.25) is 10.0 Å². The Bertz CT molecular complexity index is 771. The van der Waals surface area contributed by atoms with Gasteiger partial charge in [-0.25, -0.2) is 0 Å². The van der Waals surface area contributed by atoms with E-state index in [9.17, 15) is 0 Å². The molecule has 1 saturated heterocycles. The molecule has 1 unspecified atom stereocenters. The lowest BCUT2D eigenvalue weighted by Gasteiger charge is -2.23. The number of hydrogen-bond acceptors (Lipinski definition) is 4. The summed E-state index contributed by atoms with van der Waals surface area (Å²) in [6.07, 6.45) is 2.58. The molecule has 0 aliphatic carbocycles. The molecule has 8 heteroatoms. The van der Waals surface area contributed by atoms with Crippen molar-refractivity contribution >= 4 is 48.0 Å². The normalized spacial score (nSPS) is 15.9. The molecule has 0 radical (unpaired) electrons. The van der Waals surface area contributed by atoms with Crippen LogP contribution in [0.5, 0.6) is 11.5 Å². The summed E-state index contributed by atoms with van der Waals surface area (Å²) >= 11 is 12.4. The van der Waals surface area contributed by atoms with Gasteiger partial charge in [0.25, 0.3) is 0 Å². The van der Waals surface area contributed by atoms with Crippen LogP contribution in [-0.2, 0) is 13.2 Å². The smallest absolute Gasteiger partial charge is 0.161 e. The number of benzene rings is 2. The quantitative estimate of drug-likeness (QED) is 0.462. The van der Waals surface area contributed by atoms with Gasteiger partial charge in [-0.2, -0.15) is 0 Å². The molecular formula is C22H30Cl4N2O2. The van der Waals surface area contributed by atoms with Gasteiger partial charge in [-0.15, -0.1) is 24.8 Å². The molecule has 0 spiro atoms. The first-order valence-corrected chi connectivity index (χ1v) is 10.5. The standard InChI is InChI=1S/C22H28Cl2N2O2.2ClH/c1-3-26-11-5-6-17(26)14-25-13-16-9-10-21(22(12-16)27-2)28-15-18-19(23)7-4-8-20(18)24;;/h4,7-10,12,17,25H,3,5-6,11,13-15H2,1-2H3;2*1H. The second-order valence-corrected chi connectivity index (χ2v) is 7.84. The minimum absolute atomic E-state index is 0. The molecule has 1 aliphatic heterocycles. The first kappa shape index (κ1) is 27.2. The molecule has 30 heavy (non-hydrogen) atoms. The fourth-order valence-electron chi connectivity index (χ4n) is 3.69. The van der Waals surface area contributed by atoms with Crippen molar-refractivity contribution in [3.05, 3.63) is 57.6 Å². The molecule has 1 heterocycles. The molecule has 3 rings (SSSR count). The monoisotopic (exact) mass is 494 g/mol. The van der Waals surface area contributed by atoms with E-state index in [1.54, 1.807) is 7.11 Å². The van der Waals surface area contributed by atoms with Crippen molar-refractivity contribution < 1.29 is 9.47 Å². The average molecular weight is 496 g/mol. The Kier molecular flexibility index (Phi) is 12.2. The highest BCUT2D eigenvalue weighted by Gasteiger charge is 2.22. The highest BCUT2D eigenvalue weighted by Crippen LogP contribution is 2.31. The third-order valence-corrected chi connectivity index (χ3v) is 5.98. The van der Waals surface area contributed by atoms with E-state index in [-0.39, 0.29) is 24.8 Å². The fraction of sp³-hybridized carbons (Fsp3) is 0.455. The third-order valence-electron chi connectivity index (χ3n) is 5.28. The van der Waals surface area contributed by atoms with Crippen molar-refractivity contribution in [1.82, 2.24) is 10.2 Å². The van der Waals surface area contributed by atoms with Gasteiger partial charge in [-0.1, -0.05) is 42.3 Å². The molecule has 2 aromatic carbocycles. The second-order valence-electron chi connectivity index (χ2n) is 7.03. The van der Waals surface area contributed by atoms with Gasteiger partial charge in [0.2, 0.25) is 0 Å². The molecular weight excluding hydrogens is 466 g/mol. The maximum atomic E-state index is 6.22. The van der Waals surface area contributed by atoms with Gasteiger partial charge in [-0.3, -0.25) is 4.90 Å². The van der Waals surface area contributed by atoms with E-state index in [0.29, 0.717) is 34.2 Å². The lowest BCUT2D eigenvalue weighted by Crippen LogP contribution is -2.37. The predicted molar refractivity (Wildman–Crippen MR) is 130 cm³/mol. The molecule has 1 atom stereocenters. The molecule has 2 aromatic rings. The van der Waals surface area contributed by atoms with Crippen molar-refractivity contribution in [3.8, 4) is 11.5 Å². The highest BCUT2D eigenvalue weighted by molar-refractivity contribution is 6.35. The second kappa shape index (κ2) is 13.5. The van der Waals surface area contributed by atoms with E-state index in [1.807, 2.05) is 30.3 Å². The van der Waals surface area contributed by atoms with Crippen LogP contribution in [0.15, 0.2) is 36.4 Å². The number of rotatable bonds is 9. The summed E-state index contributed by atoms with van der Waals surface area (Å²) in [5, 5.41) is 4.77. The highest BCUT2D eigenvalue weighted by atomic mass is 35.5. The summed E-state index contributed by atoms with van der Waals surface area (Å²) < 4.78 is 11.4. The van der Waals surface area contributed by atoms with Gasteiger partial charge in [0.1, 0.15) is 6.61 Å². The molecule has 0 bridgehead atoms. The Hall–Kier alpha value is -0.880. The van der Waals surface area contributed by atoms with Gasteiger partial charge in [0, 0.05) is 34.7 Å². The number of likely N-dealkylation sites (tertiary alicyclic amines) is 1. The summed E-state index contributed by atoms with van der Waals surface area (Å²) in [6, 6.07) is 12.1. The zero-order valence-electron chi connectivity index (χ0n) is 17.3. The number of methoxy groups -OCH3 is 1. The van der Waals surface area contributed by atoms with Crippen LogP contribution in [0.3, 0.4) is 0 Å². The number of halogens is 4. The Balaban J connectivity index is 0.00000225. The van der Waals surface area contributed by atoms with Crippen LogP contribution >= 0.6 is 48.0 Å². The van der Waals surface area contributed by atoms with E-state index in [1.165, 1.54) is 24.9 Å². The molecule has 1 aliphatic rings. The number of likely N-dealkylation sites (N-methyl/N-ethyl adjacent to an activating group) is 1. The topological polar surface area (TPSA) is 33.7 Å². The Labute approximate surface area is 202 Å². The minimum atomic E-state index is 0. The van der Waals surface area contributed by atoms with Gasteiger partial charge in [-0.05, 0) is 55.8 Å². The maximum absolute atomic E-state index is 6.22. The van der Waals surface area contributed by atoms with E-state index in [0.717, 1.165) is 25.2 Å². The zero-order chi connectivity index (χ0) is 19.9. The van der Waals surface area contributed by atoms with Crippen molar-refractivity contribution in [2.24, 2.45) is 0 Å². The molecule has 1 N–H and O–H groups in total. The van der Waals surface area contributed by atoms with E-state index >= 15 is 0 Å². The van der Waals surface area contributed by atoms with Crippen molar-refractivity contribution in [2.45, 2.75) is 39.0 Å². The Morgan fingerprint density at radius 3 is 2.50 bits per heavy atom. The number of ether oxygens (including phenoxy) is 2. The molecule has 0 saturated carbocycles. The van der Waals surface area contributed by atoms with Gasteiger partial charge < -0.3 is 14.8 Å². The van der Waals surface area contributed by atoms with Gasteiger partial charge >= 0.3 is 0 Å². The maximum Gasteiger partial charge on any atom is 0.161 e. The van der Waals surface area contributed by atoms with E-state index in [2.05, 4.69) is 23.2 Å². The van der Waals surface area contributed by atoms with Crippen LogP contribution < -0.4 is 14.8 Å². The van der Waals surface area contributed by atoms with Crippen molar-refractivity contribution in [2.75, 3.05) is 26.7 Å². The molecule has 4 nitrogen and oxygen atoms in total. The van der Waals surface area contributed by atoms with Crippen LogP contribution in [0, 0.1) is 0 Å². The Morgan fingerprint density at radius 2 is 1.83 bits per heavy atom. The molecule has 1 fully saturated rings. The SMILES string of the molecule is CCN1CCCC1CNCc1ccc(OCc2c(Cl)cccc2Cl)c(OC)c1.Cl.Cl. The minimum Gasteiger partial charge on any atom is -0.493 e. The lowest BCUT2D eigenvalue weighted by atomic mass is 10.1. The molecule has 0 aromatic heterocycles. The third kappa shape index (κ3) is 7.08. The van der Waals surface area contributed by atoms with Crippen LogP contribution in [0.1, 0.15) is 30.9 Å². The summed E-state index contributed by atoms with van der Waals surface area (Å²) in [4.78, 5) is 2.55. The van der Waals surface area contributed by atoms with Crippen LogP contribution in [-0.4, -0.2) is 37.7 Å². The van der Waals surface area contributed by atoms with Crippen LogP contribution in [0.25, 0.3) is 0 Å². The number of nitrogens with one attached hydrogen (secondary N) is 1.